The maximum atomic E-state index is 14.3. The van der Waals surface area contributed by atoms with E-state index in [1.165, 1.54) is 12.1 Å². The molecule has 0 bridgehead atoms. The quantitative estimate of drug-likeness (QED) is 0.184. The lowest BCUT2D eigenvalue weighted by Gasteiger charge is -2.42. The second-order valence-corrected chi connectivity index (χ2v) is 16.0. The van der Waals surface area contributed by atoms with Gasteiger partial charge in [-0.25, -0.2) is 8.42 Å². The topological polar surface area (TPSA) is 88.2 Å². The van der Waals surface area contributed by atoms with Crippen molar-refractivity contribution in [2.24, 2.45) is 0 Å². The van der Waals surface area contributed by atoms with E-state index in [9.17, 15) is 18.9 Å². The van der Waals surface area contributed by atoms with Crippen LogP contribution < -0.4 is 9.80 Å². The van der Waals surface area contributed by atoms with Gasteiger partial charge in [0, 0.05) is 10.8 Å². The number of anilines is 6. The Morgan fingerprint density at radius 2 is 0.745 bits per heavy atom. The molecule has 0 amide bonds. The van der Waals surface area contributed by atoms with Crippen LogP contribution in [0.3, 0.4) is 0 Å². The van der Waals surface area contributed by atoms with Crippen LogP contribution in [0.2, 0.25) is 0 Å². The molecule has 0 N–H and O–H groups in total. The molecule has 6 aromatic carbocycles. The fraction of sp³-hybridized carbons (Fsp3) is 0.136. The molecule has 2 aliphatic heterocycles. The molecule has 0 saturated carbocycles. The number of hydrogen-bond donors (Lipinski definition) is 0. The van der Waals surface area contributed by atoms with Gasteiger partial charge in [0.1, 0.15) is 12.1 Å². The summed E-state index contributed by atoms with van der Waals surface area (Å²) in [7, 11) is -4.12. The lowest BCUT2D eigenvalue weighted by molar-refractivity contribution is 0.596. The summed E-state index contributed by atoms with van der Waals surface area (Å²) < 4.78 is 28.5. The maximum absolute atomic E-state index is 14.3. The van der Waals surface area contributed by atoms with Gasteiger partial charge in [-0.05, 0) is 82.9 Å². The zero-order valence-corrected chi connectivity index (χ0v) is 29.5. The van der Waals surface area contributed by atoms with Gasteiger partial charge < -0.3 is 9.80 Å². The number of hydrogen-bond acceptors (Lipinski definition) is 6. The van der Waals surface area contributed by atoms with Gasteiger partial charge in [0.2, 0.25) is 9.84 Å². The summed E-state index contributed by atoms with van der Waals surface area (Å²) in [6.45, 7) is 8.75. The largest absolute Gasteiger partial charge is 0.309 e. The van der Waals surface area contributed by atoms with Gasteiger partial charge in [-0.15, -0.1) is 0 Å². The minimum absolute atomic E-state index is 0.0197. The van der Waals surface area contributed by atoms with Gasteiger partial charge in [0.25, 0.3) is 0 Å². The molecular formula is C44H34N4O2S. The lowest BCUT2D eigenvalue weighted by atomic mass is 9.73. The van der Waals surface area contributed by atoms with Crippen molar-refractivity contribution in [3.63, 3.8) is 0 Å². The summed E-state index contributed by atoms with van der Waals surface area (Å²) >= 11 is 0. The zero-order valence-electron chi connectivity index (χ0n) is 28.7. The predicted octanol–water partition coefficient (Wildman–Crippen LogP) is 10.5. The molecule has 8 rings (SSSR count). The van der Waals surface area contributed by atoms with Crippen molar-refractivity contribution in [1.82, 2.24) is 0 Å². The second-order valence-electron chi connectivity index (χ2n) is 14.1. The van der Waals surface area contributed by atoms with Crippen LogP contribution >= 0.6 is 0 Å². The summed E-state index contributed by atoms with van der Waals surface area (Å²) in [4.78, 5) is 4.05. The minimum Gasteiger partial charge on any atom is -0.309 e. The number of rotatable bonds is 4. The third kappa shape index (κ3) is 4.70. The third-order valence-electron chi connectivity index (χ3n) is 10.6. The Kier molecular flexibility index (Phi) is 7.20. The number of benzene rings is 6. The van der Waals surface area contributed by atoms with Crippen molar-refractivity contribution >= 4 is 44.0 Å². The van der Waals surface area contributed by atoms with Gasteiger partial charge in [-0.1, -0.05) is 100 Å². The highest BCUT2D eigenvalue weighted by Gasteiger charge is 2.39. The van der Waals surface area contributed by atoms with E-state index in [1.807, 2.05) is 82.6 Å². The normalized spacial score (nSPS) is 15.0. The molecule has 0 atom stereocenters. The van der Waals surface area contributed by atoms with Crippen molar-refractivity contribution in [2.45, 2.75) is 48.3 Å². The molecule has 0 aromatic heterocycles. The number of fused-ring (bicyclic) bond motifs is 4. The Bertz CT molecular complexity index is 2340. The molecule has 51 heavy (non-hydrogen) atoms. The molecule has 0 aliphatic carbocycles. The first-order chi connectivity index (χ1) is 24.5. The summed E-state index contributed by atoms with van der Waals surface area (Å²) in [5.74, 6) is 0. The summed E-state index contributed by atoms with van der Waals surface area (Å²) in [5.41, 5.74) is 9.24. The molecular weight excluding hydrogens is 649 g/mol. The molecule has 248 valence electrons. The van der Waals surface area contributed by atoms with Gasteiger partial charge in [0.15, 0.2) is 0 Å². The second kappa shape index (κ2) is 11.5. The van der Waals surface area contributed by atoms with E-state index in [-0.39, 0.29) is 31.7 Å². The van der Waals surface area contributed by atoms with Crippen LogP contribution in [0.4, 0.5) is 34.1 Å². The predicted molar refractivity (Wildman–Crippen MR) is 201 cm³/mol. The molecule has 0 unspecified atom stereocenters. The van der Waals surface area contributed by atoms with Crippen LogP contribution in [0.25, 0.3) is 0 Å². The van der Waals surface area contributed by atoms with Crippen molar-refractivity contribution in [3.8, 4) is 12.1 Å². The van der Waals surface area contributed by atoms with E-state index in [0.29, 0.717) is 11.4 Å². The highest BCUT2D eigenvalue weighted by Crippen LogP contribution is 2.54. The number of sulfone groups is 1. The van der Waals surface area contributed by atoms with E-state index < -0.39 is 9.84 Å². The van der Waals surface area contributed by atoms with Crippen LogP contribution in [-0.2, 0) is 20.7 Å². The smallest absolute Gasteiger partial charge is 0.206 e. The van der Waals surface area contributed by atoms with Gasteiger partial charge in [0.05, 0.1) is 55.0 Å². The average molecular weight is 683 g/mol. The van der Waals surface area contributed by atoms with Gasteiger partial charge >= 0.3 is 0 Å². The fourth-order valence-electron chi connectivity index (χ4n) is 7.93. The highest BCUT2D eigenvalue weighted by molar-refractivity contribution is 7.91. The Morgan fingerprint density at radius 3 is 1.04 bits per heavy atom. The van der Waals surface area contributed by atoms with Crippen molar-refractivity contribution in [1.29, 1.82) is 10.5 Å². The molecule has 2 aliphatic rings. The fourth-order valence-corrected chi connectivity index (χ4v) is 9.24. The lowest BCUT2D eigenvalue weighted by Crippen LogP contribution is -2.30. The van der Waals surface area contributed by atoms with Crippen LogP contribution in [0.15, 0.2) is 143 Å². The first-order valence-electron chi connectivity index (χ1n) is 16.8. The molecule has 0 fully saturated rings. The Morgan fingerprint density at radius 1 is 0.451 bits per heavy atom. The monoisotopic (exact) mass is 682 g/mol. The SMILES string of the molecule is CC1(C)c2ccccc2N(c2ccc(S(=O)(=O)c3ccc(N4c5ccccc5C(C)(C)c5ccccc54)c(C#N)c3)cc2C#N)c2ccccc21. The van der Waals surface area contributed by atoms with Gasteiger partial charge in [-0.2, -0.15) is 10.5 Å². The molecule has 0 saturated heterocycles. The Balaban J connectivity index is 1.23. The third-order valence-corrected chi connectivity index (χ3v) is 12.3. The summed E-state index contributed by atoms with van der Waals surface area (Å²) in [6.07, 6.45) is 0. The van der Waals surface area contributed by atoms with E-state index in [1.54, 1.807) is 24.3 Å². The number of nitrogens with zero attached hydrogens (tertiary/aromatic N) is 4. The first-order valence-corrected chi connectivity index (χ1v) is 18.3. The van der Waals surface area contributed by atoms with E-state index >= 15 is 0 Å². The van der Waals surface area contributed by atoms with E-state index in [2.05, 4.69) is 64.1 Å². The average Bonchev–Trinajstić information content (AvgIpc) is 3.15. The molecule has 0 radical (unpaired) electrons. The first kappa shape index (κ1) is 32.1. The van der Waals surface area contributed by atoms with Crippen LogP contribution in [0.1, 0.15) is 61.1 Å². The highest BCUT2D eigenvalue weighted by atomic mass is 32.2. The van der Waals surface area contributed by atoms with Crippen molar-refractivity contribution in [3.05, 3.63) is 167 Å². The molecule has 6 aromatic rings. The van der Waals surface area contributed by atoms with Crippen molar-refractivity contribution in [2.75, 3.05) is 9.80 Å². The van der Waals surface area contributed by atoms with E-state index in [0.717, 1.165) is 45.0 Å². The molecule has 0 spiro atoms. The number of nitriles is 2. The maximum Gasteiger partial charge on any atom is 0.206 e. The van der Waals surface area contributed by atoms with Crippen LogP contribution in [0, 0.1) is 22.7 Å². The Hall–Kier alpha value is -6.15. The van der Waals surface area contributed by atoms with E-state index in [4.69, 9.17) is 0 Å². The van der Waals surface area contributed by atoms with Crippen molar-refractivity contribution < 1.29 is 8.42 Å². The number of para-hydroxylation sites is 4. The Labute approximate surface area is 299 Å². The van der Waals surface area contributed by atoms with Gasteiger partial charge in [-0.3, -0.25) is 0 Å². The summed E-state index contributed by atoms with van der Waals surface area (Å²) in [6, 6.07) is 46.4. The zero-order chi connectivity index (χ0) is 35.7. The summed E-state index contributed by atoms with van der Waals surface area (Å²) in [5, 5.41) is 20.9. The minimum atomic E-state index is -4.12. The molecule has 7 heteroatoms. The van der Waals surface area contributed by atoms with Crippen LogP contribution in [0.5, 0.6) is 0 Å². The van der Waals surface area contributed by atoms with Crippen LogP contribution in [-0.4, -0.2) is 8.42 Å². The standard InChI is InChI=1S/C44H34N4O2S/c1-43(2)33-13-5-9-17-39(33)47(40-18-10-6-14-34(40)43)37-23-21-31(25-29(37)27-45)51(49,50)32-22-24-38(30(26-32)28-46)48-41-19-11-7-15-35(41)44(3,4)36-16-8-12-20-42(36)48/h5-26H,1-4H3. The molecule has 2 heterocycles. The molecule has 6 nitrogen and oxygen atoms in total.